The number of piperidine rings is 1. The molecule has 1 amide bonds. The molecular weight excluding hydrogens is 200 g/mol. The van der Waals surface area contributed by atoms with Crippen LogP contribution in [0.4, 0.5) is 0 Å². The van der Waals surface area contributed by atoms with Crippen LogP contribution in [-0.4, -0.2) is 36.5 Å². The van der Waals surface area contributed by atoms with E-state index in [2.05, 4.69) is 24.1 Å². The quantitative estimate of drug-likeness (QED) is 0.790. The van der Waals surface area contributed by atoms with Gasteiger partial charge in [-0.1, -0.05) is 20.3 Å². The van der Waals surface area contributed by atoms with Crippen LogP contribution in [0.2, 0.25) is 0 Å². The van der Waals surface area contributed by atoms with Crippen molar-refractivity contribution >= 4 is 5.91 Å². The molecule has 0 aliphatic carbocycles. The summed E-state index contributed by atoms with van der Waals surface area (Å²) in [5.41, 5.74) is 0. The van der Waals surface area contributed by atoms with Crippen molar-refractivity contribution in [2.45, 2.75) is 45.6 Å². The zero-order chi connectivity index (χ0) is 11.5. The summed E-state index contributed by atoms with van der Waals surface area (Å²) >= 11 is 0. The van der Waals surface area contributed by atoms with Gasteiger partial charge in [-0.3, -0.25) is 4.79 Å². The SMILES string of the molecule is CCCC(C)C(=O)N1CCCC2CNCC21. The van der Waals surface area contributed by atoms with Crippen LogP contribution in [-0.2, 0) is 4.79 Å². The van der Waals surface area contributed by atoms with Gasteiger partial charge in [-0.15, -0.1) is 0 Å². The highest BCUT2D eigenvalue weighted by Gasteiger charge is 2.38. The lowest BCUT2D eigenvalue weighted by Gasteiger charge is -2.38. The molecule has 2 heterocycles. The molecule has 1 N–H and O–H groups in total. The third-order valence-electron chi connectivity index (χ3n) is 4.10. The van der Waals surface area contributed by atoms with E-state index in [0.29, 0.717) is 17.9 Å². The number of likely N-dealkylation sites (tertiary alicyclic amines) is 1. The van der Waals surface area contributed by atoms with Crippen LogP contribution >= 0.6 is 0 Å². The zero-order valence-electron chi connectivity index (χ0n) is 10.5. The van der Waals surface area contributed by atoms with E-state index in [4.69, 9.17) is 0 Å². The summed E-state index contributed by atoms with van der Waals surface area (Å²) < 4.78 is 0. The van der Waals surface area contributed by atoms with Crippen molar-refractivity contribution in [1.82, 2.24) is 10.2 Å². The zero-order valence-corrected chi connectivity index (χ0v) is 10.5. The van der Waals surface area contributed by atoms with Crippen LogP contribution in [0.5, 0.6) is 0 Å². The van der Waals surface area contributed by atoms with E-state index in [1.807, 2.05) is 0 Å². The molecule has 0 saturated carbocycles. The molecule has 2 saturated heterocycles. The molecule has 0 spiro atoms. The van der Waals surface area contributed by atoms with Crippen LogP contribution in [0.1, 0.15) is 39.5 Å². The lowest BCUT2D eigenvalue weighted by Crippen LogP contribution is -2.50. The largest absolute Gasteiger partial charge is 0.338 e. The Labute approximate surface area is 98.6 Å². The Morgan fingerprint density at radius 2 is 2.31 bits per heavy atom. The normalized spacial score (nSPS) is 31.2. The third kappa shape index (κ3) is 2.24. The Morgan fingerprint density at radius 3 is 3.06 bits per heavy atom. The van der Waals surface area contributed by atoms with E-state index in [0.717, 1.165) is 32.5 Å². The van der Waals surface area contributed by atoms with Gasteiger partial charge in [0.1, 0.15) is 0 Å². The summed E-state index contributed by atoms with van der Waals surface area (Å²) in [5, 5.41) is 3.43. The summed E-state index contributed by atoms with van der Waals surface area (Å²) in [7, 11) is 0. The van der Waals surface area contributed by atoms with E-state index in [1.165, 1.54) is 12.8 Å². The second-order valence-electron chi connectivity index (χ2n) is 5.35. The first kappa shape index (κ1) is 11.9. The van der Waals surface area contributed by atoms with Gasteiger partial charge in [0.2, 0.25) is 5.91 Å². The Kier molecular flexibility index (Phi) is 3.85. The van der Waals surface area contributed by atoms with E-state index in [-0.39, 0.29) is 5.92 Å². The Morgan fingerprint density at radius 1 is 1.50 bits per heavy atom. The lowest BCUT2D eigenvalue weighted by molar-refractivity contribution is -0.139. The number of carbonyl (C=O) groups excluding carboxylic acids is 1. The second-order valence-corrected chi connectivity index (χ2v) is 5.35. The van der Waals surface area contributed by atoms with Crippen molar-refractivity contribution in [2.75, 3.05) is 19.6 Å². The average Bonchev–Trinajstić information content (AvgIpc) is 2.76. The number of hydrogen-bond donors (Lipinski definition) is 1. The number of fused-ring (bicyclic) bond motifs is 1. The van der Waals surface area contributed by atoms with Gasteiger partial charge in [0.05, 0.1) is 0 Å². The number of rotatable bonds is 3. The molecule has 3 unspecified atom stereocenters. The van der Waals surface area contributed by atoms with Gasteiger partial charge in [-0.25, -0.2) is 0 Å². The summed E-state index contributed by atoms with van der Waals surface area (Å²) in [6, 6.07) is 0.487. The van der Waals surface area contributed by atoms with Crippen LogP contribution in [0, 0.1) is 11.8 Å². The highest BCUT2D eigenvalue weighted by atomic mass is 16.2. The van der Waals surface area contributed by atoms with E-state index in [9.17, 15) is 4.79 Å². The van der Waals surface area contributed by atoms with Crippen molar-refractivity contribution in [1.29, 1.82) is 0 Å². The Hall–Kier alpha value is -0.570. The number of carbonyl (C=O) groups is 1. The molecule has 2 aliphatic rings. The summed E-state index contributed by atoms with van der Waals surface area (Å²) in [5.74, 6) is 1.32. The minimum absolute atomic E-state index is 0.212. The first-order chi connectivity index (χ1) is 7.74. The van der Waals surface area contributed by atoms with Crippen LogP contribution in [0.3, 0.4) is 0 Å². The summed E-state index contributed by atoms with van der Waals surface area (Å²) in [6.45, 7) is 7.33. The fraction of sp³-hybridized carbons (Fsp3) is 0.923. The molecule has 0 aromatic rings. The van der Waals surface area contributed by atoms with E-state index < -0.39 is 0 Å². The van der Waals surface area contributed by atoms with Crippen LogP contribution < -0.4 is 5.32 Å². The molecule has 2 aliphatic heterocycles. The van der Waals surface area contributed by atoms with E-state index in [1.54, 1.807) is 0 Å². The summed E-state index contributed by atoms with van der Waals surface area (Å²) in [4.78, 5) is 14.5. The topological polar surface area (TPSA) is 32.3 Å². The predicted octanol–water partition coefficient (Wildman–Crippen LogP) is 1.63. The molecule has 0 radical (unpaired) electrons. The molecule has 2 fully saturated rings. The smallest absolute Gasteiger partial charge is 0.225 e. The standard InChI is InChI=1S/C13H24N2O/c1-3-5-10(2)13(16)15-7-4-6-11-8-14-9-12(11)15/h10-12,14H,3-9H2,1-2H3. The Balaban J connectivity index is 1.99. The monoisotopic (exact) mass is 224 g/mol. The molecule has 3 nitrogen and oxygen atoms in total. The molecule has 3 heteroatoms. The first-order valence-electron chi connectivity index (χ1n) is 6.75. The van der Waals surface area contributed by atoms with Crippen molar-refractivity contribution < 1.29 is 4.79 Å². The Bertz CT molecular complexity index is 254. The van der Waals surface area contributed by atoms with Crippen LogP contribution in [0.15, 0.2) is 0 Å². The molecule has 92 valence electrons. The predicted molar refractivity (Wildman–Crippen MR) is 65.2 cm³/mol. The van der Waals surface area contributed by atoms with Crippen molar-refractivity contribution in [3.8, 4) is 0 Å². The molecule has 2 rings (SSSR count). The van der Waals surface area contributed by atoms with Crippen molar-refractivity contribution in [2.24, 2.45) is 11.8 Å². The van der Waals surface area contributed by atoms with Gasteiger partial charge in [0, 0.05) is 31.6 Å². The van der Waals surface area contributed by atoms with Gasteiger partial charge in [-0.05, 0) is 25.2 Å². The average molecular weight is 224 g/mol. The molecule has 3 atom stereocenters. The summed E-state index contributed by atoms with van der Waals surface area (Å²) in [6.07, 6.45) is 4.62. The highest BCUT2D eigenvalue weighted by Crippen LogP contribution is 2.28. The van der Waals surface area contributed by atoms with Crippen molar-refractivity contribution in [3.05, 3.63) is 0 Å². The van der Waals surface area contributed by atoms with Gasteiger partial charge in [0.15, 0.2) is 0 Å². The van der Waals surface area contributed by atoms with Gasteiger partial charge in [-0.2, -0.15) is 0 Å². The van der Waals surface area contributed by atoms with Gasteiger partial charge in [0.25, 0.3) is 0 Å². The molecule has 0 aromatic heterocycles. The maximum absolute atomic E-state index is 12.3. The minimum atomic E-state index is 0.212. The third-order valence-corrected chi connectivity index (χ3v) is 4.10. The molecule has 16 heavy (non-hydrogen) atoms. The maximum atomic E-state index is 12.3. The maximum Gasteiger partial charge on any atom is 0.225 e. The van der Waals surface area contributed by atoms with Crippen molar-refractivity contribution in [3.63, 3.8) is 0 Å². The molecular formula is C13H24N2O. The van der Waals surface area contributed by atoms with Crippen LogP contribution in [0.25, 0.3) is 0 Å². The lowest BCUT2D eigenvalue weighted by atomic mass is 9.90. The van der Waals surface area contributed by atoms with E-state index >= 15 is 0 Å². The van der Waals surface area contributed by atoms with Gasteiger partial charge < -0.3 is 10.2 Å². The highest BCUT2D eigenvalue weighted by molar-refractivity contribution is 5.79. The fourth-order valence-corrected chi connectivity index (χ4v) is 3.18. The first-order valence-corrected chi connectivity index (χ1v) is 6.75. The number of nitrogens with zero attached hydrogens (tertiary/aromatic N) is 1. The van der Waals surface area contributed by atoms with Gasteiger partial charge >= 0.3 is 0 Å². The minimum Gasteiger partial charge on any atom is -0.338 e. The second kappa shape index (κ2) is 5.17. The fourth-order valence-electron chi connectivity index (χ4n) is 3.18. The number of nitrogens with one attached hydrogen (secondary N) is 1. The molecule has 0 aromatic carbocycles. The number of hydrogen-bond acceptors (Lipinski definition) is 2. The number of amides is 1. The molecule has 0 bridgehead atoms.